The summed E-state index contributed by atoms with van der Waals surface area (Å²) in [6.45, 7) is 0. The molecule has 0 aromatic heterocycles. The molecule has 2 rings (SSSR count). The van der Waals surface area contributed by atoms with Crippen molar-refractivity contribution in [2.75, 3.05) is 0 Å². The van der Waals surface area contributed by atoms with E-state index in [1.165, 1.54) is 0 Å². The number of hydrogen-bond acceptors (Lipinski definition) is 1. The number of rotatable bonds is 2. The molecule has 2 nitrogen and oxygen atoms in total. The van der Waals surface area contributed by atoms with E-state index in [9.17, 15) is 4.79 Å². The van der Waals surface area contributed by atoms with Crippen molar-refractivity contribution in [3.8, 4) is 0 Å². The number of carbonyl (C=O) groups excluding carboxylic acids is 1. The average Bonchev–Trinajstić information content (AvgIpc) is 2.47. The van der Waals surface area contributed by atoms with Crippen LogP contribution < -0.4 is 5.32 Å². The van der Waals surface area contributed by atoms with Crippen molar-refractivity contribution in [2.24, 2.45) is 5.92 Å². The third kappa shape index (κ3) is 2.27. The molecule has 3 unspecified atom stereocenters. The maximum absolute atomic E-state index is 11.5. The highest BCUT2D eigenvalue weighted by molar-refractivity contribution is 6.32. The molecule has 4 heteroatoms. The molecule has 1 fully saturated rings. The predicted octanol–water partition coefficient (Wildman–Crippen LogP) is 2.15. The van der Waals surface area contributed by atoms with E-state index in [2.05, 4.69) is 5.32 Å². The van der Waals surface area contributed by atoms with Crippen molar-refractivity contribution in [1.82, 2.24) is 5.32 Å². The van der Waals surface area contributed by atoms with Crippen molar-refractivity contribution in [3.05, 3.63) is 35.9 Å². The minimum Gasteiger partial charge on any atom is -0.338 e. The maximum atomic E-state index is 11.5. The fraction of sp³-hybridized carbons (Fsp3) is 0.364. The second-order valence-corrected chi connectivity index (χ2v) is 4.63. The Balaban J connectivity index is 2.09. The lowest BCUT2D eigenvalue weighted by Crippen LogP contribution is -2.23. The standard InChI is InChI=1S/C11H11Cl2NO/c12-9-8(11(15)14-10(9)13)6-7-4-2-1-3-5-7/h1-5,8-10H,6H2,(H,14,15). The Morgan fingerprint density at radius 3 is 2.40 bits per heavy atom. The fourth-order valence-corrected chi connectivity index (χ4v) is 2.29. The van der Waals surface area contributed by atoms with Crippen LogP contribution in [0.4, 0.5) is 0 Å². The van der Waals surface area contributed by atoms with Gasteiger partial charge in [0.15, 0.2) is 0 Å². The monoisotopic (exact) mass is 243 g/mol. The molecule has 1 heterocycles. The van der Waals surface area contributed by atoms with Crippen LogP contribution in [0.25, 0.3) is 0 Å². The number of carbonyl (C=O) groups is 1. The van der Waals surface area contributed by atoms with E-state index in [0.717, 1.165) is 5.56 Å². The largest absolute Gasteiger partial charge is 0.338 e. The molecule has 1 aromatic carbocycles. The van der Waals surface area contributed by atoms with Gasteiger partial charge in [-0.2, -0.15) is 0 Å². The first-order chi connectivity index (χ1) is 7.18. The molecule has 1 aliphatic heterocycles. The van der Waals surface area contributed by atoms with Crippen LogP contribution in [-0.4, -0.2) is 16.8 Å². The summed E-state index contributed by atoms with van der Waals surface area (Å²) in [7, 11) is 0. The van der Waals surface area contributed by atoms with Crippen molar-refractivity contribution in [2.45, 2.75) is 17.3 Å². The number of halogens is 2. The van der Waals surface area contributed by atoms with Crippen molar-refractivity contribution in [3.63, 3.8) is 0 Å². The van der Waals surface area contributed by atoms with E-state index < -0.39 is 5.50 Å². The molecule has 1 aromatic rings. The van der Waals surface area contributed by atoms with Gasteiger partial charge >= 0.3 is 0 Å². The van der Waals surface area contributed by atoms with E-state index in [-0.39, 0.29) is 17.2 Å². The first kappa shape index (κ1) is 10.8. The number of alkyl halides is 2. The number of amides is 1. The lowest BCUT2D eigenvalue weighted by atomic mass is 9.98. The molecular weight excluding hydrogens is 233 g/mol. The van der Waals surface area contributed by atoms with Gasteiger partial charge in [0.1, 0.15) is 5.50 Å². The molecule has 0 aliphatic carbocycles. The Morgan fingerprint density at radius 2 is 1.87 bits per heavy atom. The molecule has 0 radical (unpaired) electrons. The molecule has 80 valence electrons. The lowest BCUT2D eigenvalue weighted by Gasteiger charge is -2.11. The zero-order valence-corrected chi connectivity index (χ0v) is 9.50. The summed E-state index contributed by atoms with van der Waals surface area (Å²) >= 11 is 11.9. The SMILES string of the molecule is O=C1NC(Cl)C(Cl)C1Cc1ccccc1. The van der Waals surface area contributed by atoms with Crippen LogP contribution in [-0.2, 0) is 11.2 Å². The van der Waals surface area contributed by atoms with Crippen LogP contribution in [0.15, 0.2) is 30.3 Å². The first-order valence-electron chi connectivity index (χ1n) is 4.81. The van der Waals surface area contributed by atoms with Crippen LogP contribution in [0.3, 0.4) is 0 Å². The molecule has 0 spiro atoms. The van der Waals surface area contributed by atoms with Gasteiger partial charge in [-0.05, 0) is 12.0 Å². The minimum atomic E-state index is -0.451. The molecule has 3 atom stereocenters. The Kier molecular flexibility index (Phi) is 3.17. The second-order valence-electron chi connectivity index (χ2n) is 3.65. The Bertz CT molecular complexity index is 355. The van der Waals surface area contributed by atoms with E-state index in [4.69, 9.17) is 23.2 Å². The number of hydrogen-bond donors (Lipinski definition) is 1. The smallest absolute Gasteiger partial charge is 0.226 e. The van der Waals surface area contributed by atoms with Gasteiger partial charge in [-0.15, -0.1) is 11.6 Å². The zero-order chi connectivity index (χ0) is 10.8. The first-order valence-corrected chi connectivity index (χ1v) is 5.68. The zero-order valence-electron chi connectivity index (χ0n) is 7.99. The Morgan fingerprint density at radius 1 is 1.20 bits per heavy atom. The van der Waals surface area contributed by atoms with Gasteiger partial charge in [0.2, 0.25) is 5.91 Å². The fourth-order valence-electron chi connectivity index (χ4n) is 1.74. The van der Waals surface area contributed by atoms with Crippen LogP contribution >= 0.6 is 23.2 Å². The summed E-state index contributed by atoms with van der Waals surface area (Å²) in [6, 6.07) is 9.81. The Labute approximate surface area is 98.6 Å². The molecular formula is C11H11Cl2NO. The minimum absolute atomic E-state index is 0.0566. The van der Waals surface area contributed by atoms with Gasteiger partial charge in [-0.25, -0.2) is 0 Å². The van der Waals surface area contributed by atoms with E-state index in [1.807, 2.05) is 30.3 Å². The maximum Gasteiger partial charge on any atom is 0.226 e. The molecule has 1 aliphatic rings. The highest BCUT2D eigenvalue weighted by atomic mass is 35.5. The van der Waals surface area contributed by atoms with Gasteiger partial charge in [-0.3, -0.25) is 4.79 Å². The summed E-state index contributed by atoms with van der Waals surface area (Å²) in [6.07, 6.45) is 0.643. The van der Waals surface area contributed by atoms with E-state index in [0.29, 0.717) is 6.42 Å². The predicted molar refractivity (Wildman–Crippen MR) is 61.1 cm³/mol. The third-order valence-corrected chi connectivity index (χ3v) is 3.65. The number of benzene rings is 1. The summed E-state index contributed by atoms with van der Waals surface area (Å²) in [5.41, 5.74) is 0.655. The quantitative estimate of drug-likeness (QED) is 0.626. The summed E-state index contributed by atoms with van der Waals surface area (Å²) in [4.78, 5) is 11.5. The van der Waals surface area contributed by atoms with Gasteiger partial charge in [0.05, 0.1) is 11.3 Å². The van der Waals surface area contributed by atoms with Crippen LogP contribution in [0.1, 0.15) is 5.56 Å². The summed E-state index contributed by atoms with van der Waals surface area (Å²) in [5.74, 6) is -0.282. The normalized spacial score (nSPS) is 30.3. The second kappa shape index (κ2) is 4.42. The van der Waals surface area contributed by atoms with Crippen molar-refractivity contribution >= 4 is 29.1 Å². The third-order valence-electron chi connectivity index (χ3n) is 2.58. The summed E-state index contributed by atoms with van der Waals surface area (Å²) < 4.78 is 0. The molecule has 15 heavy (non-hydrogen) atoms. The van der Waals surface area contributed by atoms with Crippen LogP contribution in [0.2, 0.25) is 0 Å². The summed E-state index contributed by atoms with van der Waals surface area (Å²) in [5, 5.41) is 2.30. The molecule has 0 saturated carbocycles. The highest BCUT2D eigenvalue weighted by Crippen LogP contribution is 2.27. The molecule has 1 N–H and O–H groups in total. The van der Waals surface area contributed by atoms with Gasteiger partial charge < -0.3 is 5.32 Å². The van der Waals surface area contributed by atoms with Gasteiger partial charge in [-0.1, -0.05) is 41.9 Å². The average molecular weight is 244 g/mol. The van der Waals surface area contributed by atoms with E-state index in [1.54, 1.807) is 0 Å². The molecule has 1 amide bonds. The van der Waals surface area contributed by atoms with Gasteiger partial charge in [0, 0.05) is 0 Å². The van der Waals surface area contributed by atoms with Crippen molar-refractivity contribution < 1.29 is 4.79 Å². The van der Waals surface area contributed by atoms with E-state index >= 15 is 0 Å². The topological polar surface area (TPSA) is 29.1 Å². The van der Waals surface area contributed by atoms with Crippen LogP contribution in [0, 0.1) is 5.92 Å². The number of nitrogens with one attached hydrogen (secondary N) is 1. The highest BCUT2D eigenvalue weighted by Gasteiger charge is 2.39. The Hall–Kier alpha value is -0.730. The molecule has 1 saturated heterocycles. The molecule has 0 bridgehead atoms. The van der Waals surface area contributed by atoms with Gasteiger partial charge in [0.25, 0.3) is 0 Å². The van der Waals surface area contributed by atoms with Crippen LogP contribution in [0.5, 0.6) is 0 Å². The lowest BCUT2D eigenvalue weighted by molar-refractivity contribution is -0.122. The van der Waals surface area contributed by atoms with Crippen molar-refractivity contribution in [1.29, 1.82) is 0 Å².